The van der Waals surface area contributed by atoms with Crippen molar-refractivity contribution < 1.29 is 30.7 Å². The third-order valence-electron chi connectivity index (χ3n) is 3.07. The summed E-state index contributed by atoms with van der Waals surface area (Å²) in [5.74, 6) is 0. The smallest absolute Gasteiger partial charge is 0.224 e. The lowest BCUT2D eigenvalue weighted by molar-refractivity contribution is -0.344. The molecule has 1 atom stereocenters. The fourth-order valence-electron chi connectivity index (χ4n) is 1.68. The molecule has 0 spiro atoms. The highest BCUT2D eigenvalue weighted by Crippen LogP contribution is 2.53. The Hall–Kier alpha value is 0.240. The molecular formula is C11H16F7I. The maximum atomic E-state index is 13.7. The second kappa shape index (κ2) is 6.34. The van der Waals surface area contributed by atoms with E-state index in [2.05, 4.69) is 0 Å². The van der Waals surface area contributed by atoms with Gasteiger partial charge < -0.3 is 0 Å². The molecule has 0 aromatic carbocycles. The van der Waals surface area contributed by atoms with E-state index < -0.39 is 27.9 Å². The molecule has 0 aromatic heterocycles. The lowest BCUT2D eigenvalue weighted by atomic mass is 9.85. The predicted octanol–water partition coefficient (Wildman–Crippen LogP) is 5.98. The van der Waals surface area contributed by atoms with Crippen LogP contribution in [0.15, 0.2) is 0 Å². The first-order valence-electron chi connectivity index (χ1n) is 5.84. The van der Waals surface area contributed by atoms with Gasteiger partial charge in [0.2, 0.25) is 0 Å². The van der Waals surface area contributed by atoms with Crippen LogP contribution in [0.5, 0.6) is 0 Å². The zero-order chi connectivity index (χ0) is 15.5. The van der Waals surface area contributed by atoms with Gasteiger partial charge in [-0.2, -0.15) is 26.3 Å². The van der Waals surface area contributed by atoms with Gasteiger partial charge >= 0.3 is 12.4 Å². The fourth-order valence-corrected chi connectivity index (χ4v) is 2.59. The summed E-state index contributed by atoms with van der Waals surface area (Å²) in [4.78, 5) is 0. The van der Waals surface area contributed by atoms with E-state index in [0.29, 0.717) is 12.8 Å². The van der Waals surface area contributed by atoms with E-state index in [-0.39, 0.29) is 12.8 Å². The topological polar surface area (TPSA) is 0 Å². The molecular weight excluding hydrogens is 392 g/mol. The van der Waals surface area contributed by atoms with E-state index in [1.54, 1.807) is 6.92 Å². The molecule has 0 bridgehead atoms. The standard InChI is InChI=1S/C11H16F7I/c1-3-5-6-8(19,4-2)7-9(12,10(13,14)15)11(16,17)18/h3-7H2,1-2H3. The zero-order valence-electron chi connectivity index (χ0n) is 10.6. The van der Waals surface area contributed by atoms with Crippen LogP contribution < -0.4 is 0 Å². The molecule has 0 saturated carbocycles. The summed E-state index contributed by atoms with van der Waals surface area (Å²) < 4.78 is 87.3. The van der Waals surface area contributed by atoms with Crippen molar-refractivity contribution in [3.05, 3.63) is 0 Å². The van der Waals surface area contributed by atoms with Crippen LogP contribution in [0.3, 0.4) is 0 Å². The summed E-state index contributed by atoms with van der Waals surface area (Å²) >= 11 is 1.53. The van der Waals surface area contributed by atoms with Crippen LogP contribution in [-0.4, -0.2) is 21.4 Å². The van der Waals surface area contributed by atoms with Gasteiger partial charge in [-0.1, -0.05) is 49.3 Å². The van der Waals surface area contributed by atoms with Crippen molar-refractivity contribution in [3.63, 3.8) is 0 Å². The highest BCUT2D eigenvalue weighted by atomic mass is 127. The number of alkyl halides is 8. The van der Waals surface area contributed by atoms with Crippen molar-refractivity contribution in [2.45, 2.75) is 67.4 Å². The SMILES string of the molecule is CCCCC(I)(CC)CC(F)(C(F)(F)F)C(F)(F)F. The van der Waals surface area contributed by atoms with Gasteiger partial charge in [-0.15, -0.1) is 0 Å². The number of halogens is 8. The lowest BCUT2D eigenvalue weighted by Crippen LogP contribution is -2.56. The van der Waals surface area contributed by atoms with E-state index in [0.717, 1.165) is 0 Å². The average molecular weight is 408 g/mol. The molecule has 0 rings (SSSR count). The molecule has 116 valence electrons. The van der Waals surface area contributed by atoms with Crippen LogP contribution in [0.2, 0.25) is 0 Å². The van der Waals surface area contributed by atoms with Gasteiger partial charge in [0.1, 0.15) is 0 Å². The molecule has 19 heavy (non-hydrogen) atoms. The summed E-state index contributed by atoms with van der Waals surface area (Å²) in [5.41, 5.74) is -5.15. The third-order valence-corrected chi connectivity index (χ3v) is 4.75. The van der Waals surface area contributed by atoms with Crippen molar-refractivity contribution in [2.75, 3.05) is 0 Å². The molecule has 0 aliphatic heterocycles. The number of unbranched alkanes of at least 4 members (excludes halogenated alkanes) is 1. The highest BCUT2D eigenvalue weighted by Gasteiger charge is 2.73. The van der Waals surface area contributed by atoms with Gasteiger partial charge in [0.25, 0.3) is 5.67 Å². The first-order valence-corrected chi connectivity index (χ1v) is 6.92. The molecule has 0 fully saturated rings. The van der Waals surface area contributed by atoms with Crippen LogP contribution in [0.4, 0.5) is 30.7 Å². The molecule has 0 N–H and O–H groups in total. The Kier molecular flexibility index (Phi) is 6.42. The molecule has 0 heterocycles. The summed E-state index contributed by atoms with van der Waals surface area (Å²) in [5, 5.41) is 0. The summed E-state index contributed by atoms with van der Waals surface area (Å²) in [6, 6.07) is 0. The van der Waals surface area contributed by atoms with Crippen molar-refractivity contribution in [1.82, 2.24) is 0 Å². The molecule has 0 aromatic rings. The molecule has 0 radical (unpaired) electrons. The van der Waals surface area contributed by atoms with Crippen LogP contribution >= 0.6 is 22.6 Å². The Labute approximate surface area is 121 Å². The maximum absolute atomic E-state index is 13.7. The van der Waals surface area contributed by atoms with Crippen molar-refractivity contribution in [2.24, 2.45) is 0 Å². The Morgan fingerprint density at radius 2 is 1.26 bits per heavy atom. The molecule has 0 nitrogen and oxygen atoms in total. The van der Waals surface area contributed by atoms with Crippen molar-refractivity contribution in [1.29, 1.82) is 0 Å². The molecule has 0 saturated heterocycles. The quantitative estimate of drug-likeness (QED) is 0.288. The Bertz CT molecular complexity index is 270. The summed E-state index contributed by atoms with van der Waals surface area (Å²) in [7, 11) is 0. The second-order valence-corrected chi connectivity index (χ2v) is 6.87. The van der Waals surface area contributed by atoms with Crippen LogP contribution in [0.1, 0.15) is 46.0 Å². The van der Waals surface area contributed by atoms with Gasteiger partial charge in [-0.3, -0.25) is 0 Å². The summed E-state index contributed by atoms with van der Waals surface area (Å²) in [6.45, 7) is 3.23. The van der Waals surface area contributed by atoms with Gasteiger partial charge in [0.15, 0.2) is 0 Å². The van der Waals surface area contributed by atoms with E-state index >= 15 is 0 Å². The van der Waals surface area contributed by atoms with E-state index in [4.69, 9.17) is 0 Å². The van der Waals surface area contributed by atoms with Gasteiger partial charge in [-0.05, 0) is 12.8 Å². The monoisotopic (exact) mass is 408 g/mol. The van der Waals surface area contributed by atoms with Gasteiger partial charge in [0.05, 0.1) is 0 Å². The highest BCUT2D eigenvalue weighted by molar-refractivity contribution is 14.1. The fraction of sp³-hybridized carbons (Fsp3) is 1.00. The first-order chi connectivity index (χ1) is 8.33. The number of hydrogen-bond donors (Lipinski definition) is 0. The largest absolute Gasteiger partial charge is 0.431 e. The first kappa shape index (κ1) is 19.2. The Morgan fingerprint density at radius 1 is 0.842 bits per heavy atom. The minimum Gasteiger partial charge on any atom is -0.224 e. The van der Waals surface area contributed by atoms with Crippen LogP contribution in [0, 0.1) is 0 Å². The Morgan fingerprint density at radius 3 is 1.53 bits per heavy atom. The molecule has 0 aliphatic rings. The number of rotatable bonds is 6. The average Bonchev–Trinajstić information content (AvgIpc) is 2.23. The molecule has 0 aliphatic carbocycles. The molecule has 1 unspecified atom stereocenters. The van der Waals surface area contributed by atoms with Crippen LogP contribution in [-0.2, 0) is 0 Å². The molecule has 8 heteroatoms. The van der Waals surface area contributed by atoms with Crippen LogP contribution in [0.25, 0.3) is 0 Å². The van der Waals surface area contributed by atoms with E-state index in [9.17, 15) is 30.7 Å². The minimum atomic E-state index is -5.96. The maximum Gasteiger partial charge on any atom is 0.431 e. The van der Waals surface area contributed by atoms with Gasteiger partial charge in [-0.25, -0.2) is 4.39 Å². The van der Waals surface area contributed by atoms with E-state index in [1.807, 2.05) is 0 Å². The Balaban J connectivity index is 5.33. The normalized spacial score (nSPS) is 17.4. The predicted molar refractivity (Wildman–Crippen MR) is 67.1 cm³/mol. The molecule has 0 amide bonds. The lowest BCUT2D eigenvalue weighted by Gasteiger charge is -2.37. The van der Waals surface area contributed by atoms with Gasteiger partial charge in [0, 0.05) is 9.84 Å². The number of hydrogen-bond acceptors (Lipinski definition) is 0. The van der Waals surface area contributed by atoms with E-state index in [1.165, 1.54) is 29.5 Å². The zero-order valence-corrected chi connectivity index (χ0v) is 12.7. The minimum absolute atomic E-state index is 0.0470. The summed E-state index contributed by atoms with van der Waals surface area (Å²) in [6.07, 6.45) is -12.2. The second-order valence-electron chi connectivity index (χ2n) is 4.58. The third kappa shape index (κ3) is 4.63. The van der Waals surface area contributed by atoms with Crippen molar-refractivity contribution >= 4 is 22.6 Å². The van der Waals surface area contributed by atoms with Crippen molar-refractivity contribution in [3.8, 4) is 0 Å².